The van der Waals surface area contributed by atoms with Gasteiger partial charge in [-0.05, 0) is 24.6 Å². The fourth-order valence-corrected chi connectivity index (χ4v) is 6.58. The molecule has 7 heteroatoms. The smallest absolute Gasteiger partial charge is 0.161 e. The Labute approximate surface area is 121 Å². The van der Waals surface area contributed by atoms with Crippen molar-refractivity contribution >= 4 is 44.1 Å². The second-order valence-corrected chi connectivity index (χ2v) is 8.72. The molecule has 0 aromatic heterocycles. The Kier molecular flexibility index (Phi) is 3.07. The highest BCUT2D eigenvalue weighted by Gasteiger charge is 2.48. The summed E-state index contributed by atoms with van der Waals surface area (Å²) in [6.45, 7) is 1.94. The van der Waals surface area contributed by atoms with Crippen LogP contribution in [0.15, 0.2) is 18.2 Å². The third-order valence-electron chi connectivity index (χ3n) is 3.52. The molecule has 2 fully saturated rings. The van der Waals surface area contributed by atoms with Crippen LogP contribution in [0.5, 0.6) is 0 Å². The first-order valence-electron chi connectivity index (χ1n) is 5.88. The van der Waals surface area contributed by atoms with Crippen LogP contribution in [0.2, 0.25) is 5.02 Å². The van der Waals surface area contributed by atoms with Crippen molar-refractivity contribution in [2.24, 2.45) is 0 Å². The molecule has 0 spiro atoms. The summed E-state index contributed by atoms with van der Waals surface area (Å²) >= 11 is 7.36. The highest BCUT2D eigenvalue weighted by Crippen LogP contribution is 2.41. The number of amidine groups is 1. The maximum Gasteiger partial charge on any atom is 0.161 e. The summed E-state index contributed by atoms with van der Waals surface area (Å²) in [5, 5.41) is 9.07. The maximum atomic E-state index is 11.7. The first kappa shape index (κ1) is 13.3. The number of fused-ring (bicyclic) bond motifs is 1. The van der Waals surface area contributed by atoms with Gasteiger partial charge in [-0.1, -0.05) is 29.4 Å². The van der Waals surface area contributed by atoms with Crippen molar-refractivity contribution in [3.63, 3.8) is 0 Å². The lowest BCUT2D eigenvalue weighted by molar-refractivity contribution is 0.601. The minimum Gasteiger partial charge on any atom is -0.316 e. The predicted molar refractivity (Wildman–Crippen MR) is 80.2 cm³/mol. The lowest BCUT2D eigenvalue weighted by atomic mass is 10.1. The molecule has 0 bridgehead atoms. The number of rotatable bonds is 1. The van der Waals surface area contributed by atoms with Gasteiger partial charge < -0.3 is 4.90 Å². The molecule has 19 heavy (non-hydrogen) atoms. The number of nitrogens with zero attached hydrogens (tertiary/aromatic N) is 1. The number of benzene rings is 1. The van der Waals surface area contributed by atoms with Gasteiger partial charge in [0.15, 0.2) is 15.0 Å². The van der Waals surface area contributed by atoms with Crippen molar-refractivity contribution in [3.05, 3.63) is 28.8 Å². The zero-order chi connectivity index (χ0) is 13.8. The molecule has 3 rings (SSSR count). The summed E-state index contributed by atoms with van der Waals surface area (Å²) in [5.74, 6) is 0.291. The molecule has 0 radical (unpaired) electrons. The first-order valence-corrected chi connectivity index (χ1v) is 8.96. The van der Waals surface area contributed by atoms with Crippen molar-refractivity contribution in [2.45, 2.75) is 18.2 Å². The van der Waals surface area contributed by atoms with Gasteiger partial charge in [-0.3, -0.25) is 5.41 Å². The van der Waals surface area contributed by atoms with Crippen LogP contribution in [0.25, 0.3) is 0 Å². The SMILES string of the molecule is Cc1ccc(Cl)cc1N1C(=N)S[C@@H]2CS(=O)(=O)C[C@H]21. The van der Waals surface area contributed by atoms with Crippen LogP contribution in [0.3, 0.4) is 0 Å². The molecule has 4 nitrogen and oxygen atoms in total. The van der Waals surface area contributed by atoms with Crippen LogP contribution in [0.1, 0.15) is 5.56 Å². The van der Waals surface area contributed by atoms with E-state index in [9.17, 15) is 8.42 Å². The monoisotopic (exact) mass is 316 g/mol. The number of anilines is 1. The summed E-state index contributed by atoms with van der Waals surface area (Å²) in [6.07, 6.45) is 0. The molecule has 1 aromatic carbocycles. The van der Waals surface area contributed by atoms with E-state index in [1.165, 1.54) is 11.8 Å². The van der Waals surface area contributed by atoms with Crippen molar-refractivity contribution in [1.82, 2.24) is 0 Å². The lowest BCUT2D eigenvalue weighted by Crippen LogP contribution is -2.37. The van der Waals surface area contributed by atoms with Crippen molar-refractivity contribution in [3.8, 4) is 0 Å². The normalized spacial score (nSPS) is 28.7. The molecule has 0 unspecified atom stereocenters. The number of nitrogens with one attached hydrogen (secondary N) is 1. The molecule has 0 amide bonds. The van der Waals surface area contributed by atoms with Gasteiger partial charge in [0.25, 0.3) is 0 Å². The summed E-state index contributed by atoms with van der Waals surface area (Å²) in [4.78, 5) is 1.82. The molecule has 2 saturated heterocycles. The van der Waals surface area contributed by atoms with Gasteiger partial charge in [0, 0.05) is 16.0 Å². The average Bonchev–Trinajstić information content (AvgIpc) is 2.73. The van der Waals surface area contributed by atoms with Crippen LogP contribution in [0, 0.1) is 12.3 Å². The standard InChI is InChI=1S/C12H13ClN2O2S2/c1-7-2-3-8(13)4-9(7)15-10-5-19(16,17)6-11(10)18-12(15)14/h2-4,10-11,14H,5-6H2,1H3/t10-,11-/m1/s1. The number of thioether (sulfide) groups is 1. The van der Waals surface area contributed by atoms with Gasteiger partial charge >= 0.3 is 0 Å². The summed E-state index contributed by atoms with van der Waals surface area (Å²) in [6, 6.07) is 5.36. The number of sulfone groups is 1. The van der Waals surface area contributed by atoms with Gasteiger partial charge in [-0.2, -0.15) is 0 Å². The Hall–Kier alpha value is -0.720. The van der Waals surface area contributed by atoms with Crippen LogP contribution < -0.4 is 4.90 Å². The molecular formula is C12H13ClN2O2S2. The molecule has 2 aliphatic rings. The summed E-state index contributed by atoms with van der Waals surface area (Å²) in [7, 11) is -2.98. The lowest BCUT2D eigenvalue weighted by Gasteiger charge is -2.25. The zero-order valence-corrected chi connectivity index (χ0v) is 12.6. The number of halogens is 1. The van der Waals surface area contributed by atoms with Crippen LogP contribution in [0.4, 0.5) is 5.69 Å². The molecule has 102 valence electrons. The third-order valence-corrected chi connectivity index (χ3v) is 6.88. The van der Waals surface area contributed by atoms with E-state index in [1.807, 2.05) is 17.9 Å². The van der Waals surface area contributed by atoms with E-state index in [-0.39, 0.29) is 22.8 Å². The van der Waals surface area contributed by atoms with Crippen molar-refractivity contribution in [2.75, 3.05) is 16.4 Å². The van der Waals surface area contributed by atoms with Crippen molar-refractivity contribution in [1.29, 1.82) is 5.41 Å². The van der Waals surface area contributed by atoms with E-state index in [0.717, 1.165) is 11.3 Å². The Morgan fingerprint density at radius 2 is 2.16 bits per heavy atom. The Morgan fingerprint density at radius 1 is 1.42 bits per heavy atom. The summed E-state index contributed by atoms with van der Waals surface area (Å²) in [5.41, 5.74) is 1.84. The predicted octanol–water partition coefficient (Wildman–Crippen LogP) is 2.30. The minimum atomic E-state index is -2.98. The topological polar surface area (TPSA) is 61.2 Å². The van der Waals surface area contributed by atoms with Crippen LogP contribution in [-0.4, -0.2) is 36.4 Å². The first-order chi connectivity index (χ1) is 8.87. The van der Waals surface area contributed by atoms with Gasteiger partial charge in [0.2, 0.25) is 0 Å². The molecule has 1 N–H and O–H groups in total. The Bertz CT molecular complexity index is 660. The van der Waals surface area contributed by atoms with Gasteiger partial charge in [-0.25, -0.2) is 8.42 Å². The number of hydrogen-bond donors (Lipinski definition) is 1. The summed E-state index contributed by atoms with van der Waals surface area (Å²) < 4.78 is 23.5. The van der Waals surface area contributed by atoms with Gasteiger partial charge in [0.1, 0.15) is 0 Å². The molecular weight excluding hydrogens is 304 g/mol. The second-order valence-electron chi connectivity index (χ2n) is 4.91. The zero-order valence-electron chi connectivity index (χ0n) is 10.3. The molecule has 1 aromatic rings. The molecule has 2 aliphatic heterocycles. The number of hydrogen-bond acceptors (Lipinski definition) is 4. The quantitative estimate of drug-likeness (QED) is 0.863. The minimum absolute atomic E-state index is 0.0316. The fourth-order valence-electron chi connectivity index (χ4n) is 2.63. The van der Waals surface area contributed by atoms with E-state index in [4.69, 9.17) is 17.0 Å². The van der Waals surface area contributed by atoms with E-state index in [1.54, 1.807) is 12.1 Å². The fraction of sp³-hybridized carbons (Fsp3) is 0.417. The molecule has 2 atom stereocenters. The van der Waals surface area contributed by atoms with Crippen molar-refractivity contribution < 1.29 is 8.42 Å². The van der Waals surface area contributed by atoms with Gasteiger partial charge in [0.05, 0.1) is 17.5 Å². The molecule has 0 aliphatic carbocycles. The number of aryl methyl sites for hydroxylation is 1. The maximum absolute atomic E-state index is 11.7. The second kappa shape index (κ2) is 4.40. The largest absolute Gasteiger partial charge is 0.316 e. The van der Waals surface area contributed by atoms with Crippen LogP contribution in [-0.2, 0) is 9.84 Å². The third kappa shape index (κ3) is 2.26. The molecule has 2 heterocycles. The van der Waals surface area contributed by atoms with Gasteiger partial charge in [-0.15, -0.1) is 0 Å². The molecule has 0 saturated carbocycles. The Balaban J connectivity index is 2.04. The van der Waals surface area contributed by atoms with E-state index >= 15 is 0 Å². The van der Waals surface area contributed by atoms with E-state index in [2.05, 4.69) is 0 Å². The highest BCUT2D eigenvalue weighted by molar-refractivity contribution is 8.15. The van der Waals surface area contributed by atoms with Crippen LogP contribution >= 0.6 is 23.4 Å². The highest BCUT2D eigenvalue weighted by atomic mass is 35.5. The van der Waals surface area contributed by atoms with E-state index < -0.39 is 9.84 Å². The Morgan fingerprint density at radius 3 is 2.89 bits per heavy atom. The van der Waals surface area contributed by atoms with E-state index in [0.29, 0.717) is 10.2 Å². The average molecular weight is 317 g/mol.